The second kappa shape index (κ2) is 24.0. The van der Waals surface area contributed by atoms with Crippen LogP contribution in [0.2, 0.25) is 0 Å². The Morgan fingerprint density at radius 1 is 0.732 bits per heavy atom. The Kier molecular flexibility index (Phi) is 18.5. The predicted octanol–water partition coefficient (Wildman–Crippen LogP) is -5.85. The Hall–Kier alpha value is -7.31. The lowest BCUT2D eigenvalue weighted by Gasteiger charge is -2.34. The molecule has 3 fully saturated rings. The van der Waals surface area contributed by atoms with Gasteiger partial charge in [-0.25, -0.2) is 0 Å². The Morgan fingerprint density at radius 2 is 1.32 bits per heavy atom. The van der Waals surface area contributed by atoms with Crippen LogP contribution >= 0.6 is 0 Å². The second-order valence-corrected chi connectivity index (χ2v) is 17.3. The lowest BCUT2D eigenvalue weighted by atomic mass is 9.96. The molecule has 0 saturated carbocycles. The minimum absolute atomic E-state index is 0.0837. The van der Waals surface area contributed by atoms with Crippen molar-refractivity contribution in [3.63, 3.8) is 0 Å². The van der Waals surface area contributed by atoms with Crippen LogP contribution in [0.1, 0.15) is 55.6 Å². The van der Waals surface area contributed by atoms with Crippen LogP contribution in [-0.4, -0.2) is 189 Å². The first-order valence-electron chi connectivity index (χ1n) is 22.1. The number of aliphatic hydroxyl groups is 8. The molecule has 7 amide bonds. The van der Waals surface area contributed by atoms with E-state index in [4.69, 9.17) is 11.2 Å². The third kappa shape index (κ3) is 13.3. The van der Waals surface area contributed by atoms with Crippen LogP contribution in [-0.2, 0) is 28.8 Å². The van der Waals surface area contributed by atoms with Crippen molar-refractivity contribution in [3.8, 4) is 47.7 Å². The summed E-state index contributed by atoms with van der Waals surface area (Å²) in [6.45, 7) is 2.61. The smallest absolute Gasteiger partial charge is 0.251 e. The van der Waals surface area contributed by atoms with Crippen molar-refractivity contribution in [2.24, 2.45) is 5.92 Å². The molecule has 0 radical (unpaired) electrons. The van der Waals surface area contributed by atoms with Gasteiger partial charge in [-0.1, -0.05) is 19.1 Å². The summed E-state index contributed by atoms with van der Waals surface area (Å²) in [4.78, 5) is 100. The van der Waals surface area contributed by atoms with Gasteiger partial charge in [-0.05, 0) is 67.6 Å². The summed E-state index contributed by atoms with van der Waals surface area (Å²) < 4.78 is 5.22. The zero-order valence-corrected chi connectivity index (χ0v) is 38.4. The maximum Gasteiger partial charge on any atom is 0.251 e. The third-order valence-electron chi connectivity index (χ3n) is 12.0. The fourth-order valence-corrected chi connectivity index (χ4v) is 8.12. The minimum atomic E-state index is -2.31. The van der Waals surface area contributed by atoms with Gasteiger partial charge in [-0.3, -0.25) is 33.6 Å². The molecule has 14 N–H and O–H groups in total. The number of ether oxygens (including phenoxy) is 1. The van der Waals surface area contributed by atoms with Crippen molar-refractivity contribution in [2.45, 2.75) is 119 Å². The maximum atomic E-state index is 14.3. The van der Waals surface area contributed by atoms with Gasteiger partial charge in [0.05, 0.1) is 24.4 Å². The zero-order valence-electron chi connectivity index (χ0n) is 38.4. The molecule has 71 heavy (non-hydrogen) atoms. The standard InChI is InChI=1S/C47H55N7O17/c1-5-6-7-8-17-71-29-15-11-26(12-16-29)40(63)48-30-19-32(59)43(66)52-45(68)36-37(60)22(2)20-54(36)47(70)34(24(4)56)50-44(67)35(39(62)38(61)25-9-13-27(57)14-10-25)51-42(65)31-18-28(58)21-53(31)46(69)33(23(3)55)49-41(30)64/h1,9-16,22-24,28,30-39,43,55-62,66H,18-21H2,2-4H3,(H,48,63)(H,49,64)(H,50,67)(H,51,65)(H,52,68)/t22-,23?,24?,28+,30?,31-,32+,33-,34-,35-,36-,37-,38-,39-,43+/m0/s1. The topological polar surface area (TPSA) is 377 Å². The van der Waals surface area contributed by atoms with E-state index in [9.17, 15) is 79.5 Å². The molecule has 0 spiro atoms. The molecule has 2 aromatic carbocycles. The summed E-state index contributed by atoms with van der Waals surface area (Å²) in [6.07, 6.45) is -9.56. The molecule has 3 saturated heterocycles. The minimum Gasteiger partial charge on any atom is -0.508 e. The average molecular weight is 990 g/mol. The van der Waals surface area contributed by atoms with Crippen molar-refractivity contribution < 1.29 is 84.3 Å². The lowest BCUT2D eigenvalue weighted by Crippen LogP contribution is -2.64. The molecular formula is C47H55N7O17. The third-order valence-corrected chi connectivity index (χ3v) is 12.0. The number of aliphatic hydroxyl groups excluding tert-OH is 8. The van der Waals surface area contributed by atoms with Crippen molar-refractivity contribution in [3.05, 3.63) is 59.7 Å². The van der Waals surface area contributed by atoms with Gasteiger partial charge in [-0.15, -0.1) is 6.42 Å². The molecule has 24 heteroatoms. The number of benzene rings is 2. The lowest BCUT2D eigenvalue weighted by molar-refractivity contribution is -0.148. The van der Waals surface area contributed by atoms with E-state index in [1.807, 2.05) is 0 Å². The largest absolute Gasteiger partial charge is 0.508 e. The fourth-order valence-electron chi connectivity index (χ4n) is 8.12. The zero-order chi connectivity index (χ0) is 52.4. The molecule has 24 nitrogen and oxygen atoms in total. The second-order valence-electron chi connectivity index (χ2n) is 17.3. The van der Waals surface area contributed by atoms with Crippen molar-refractivity contribution >= 4 is 41.4 Å². The van der Waals surface area contributed by atoms with Crippen LogP contribution in [0.4, 0.5) is 0 Å². The number of carbonyl (C=O) groups excluding carboxylic acids is 7. The monoisotopic (exact) mass is 989 g/mol. The average Bonchev–Trinajstić information content (AvgIpc) is 3.87. The fraction of sp³-hybridized carbons (Fsp3) is 0.468. The van der Waals surface area contributed by atoms with Crippen molar-refractivity contribution in [1.82, 2.24) is 36.4 Å². The number of hydrogen-bond acceptors (Lipinski definition) is 17. The maximum absolute atomic E-state index is 14.3. The number of rotatable bonds is 8. The van der Waals surface area contributed by atoms with Gasteiger partial charge < -0.3 is 87.1 Å². The van der Waals surface area contributed by atoms with E-state index >= 15 is 0 Å². The first-order valence-corrected chi connectivity index (χ1v) is 22.1. The van der Waals surface area contributed by atoms with E-state index in [1.54, 1.807) is 0 Å². The first kappa shape index (κ1) is 54.6. The van der Waals surface area contributed by atoms with Crippen LogP contribution in [0.5, 0.6) is 11.5 Å². The predicted molar refractivity (Wildman–Crippen MR) is 243 cm³/mol. The van der Waals surface area contributed by atoms with Crippen LogP contribution in [0.25, 0.3) is 0 Å². The molecule has 3 aliphatic heterocycles. The Morgan fingerprint density at radius 3 is 1.93 bits per heavy atom. The molecule has 3 unspecified atom stereocenters. The van der Waals surface area contributed by atoms with E-state index in [2.05, 4.69) is 56.4 Å². The van der Waals surface area contributed by atoms with Gasteiger partial charge in [0.15, 0.2) is 6.23 Å². The van der Waals surface area contributed by atoms with Gasteiger partial charge in [0.1, 0.15) is 72.2 Å². The number of hydrogen-bond donors (Lipinski definition) is 14. The Labute approximate surface area is 406 Å². The SMILES string of the molecule is C#CC#CC#COc1ccc(C(=O)NC2C[C@@H](O)[C@@H](O)NC(=O)[C@@H]3[C@@H](O)[C@@H](C)CN3C(=O)[C@H](C(C)O)NC(=O)[C@H]([C@H](O)[C@@H](O)c3ccc(O)cc3)NC(=O)[C@@H]3C[C@@H](O)CN3C(=O)[C@H](C(C)O)NC2=O)cc1. The highest BCUT2D eigenvalue weighted by Crippen LogP contribution is 2.28. The van der Waals surface area contributed by atoms with Crippen LogP contribution < -0.4 is 31.3 Å². The van der Waals surface area contributed by atoms with E-state index in [0.29, 0.717) is 0 Å². The summed E-state index contributed by atoms with van der Waals surface area (Å²) >= 11 is 0. The van der Waals surface area contributed by atoms with Gasteiger partial charge >= 0.3 is 0 Å². The van der Waals surface area contributed by atoms with Crippen molar-refractivity contribution in [2.75, 3.05) is 13.1 Å². The molecule has 380 valence electrons. The Balaban J connectivity index is 1.56. The number of aromatic hydroxyl groups is 1. The molecule has 5 rings (SSSR count). The molecule has 2 aromatic rings. The number of terminal acetylenes is 1. The quantitative estimate of drug-likeness (QED) is 0.110. The molecule has 0 bridgehead atoms. The molecule has 15 atom stereocenters. The van der Waals surface area contributed by atoms with E-state index in [-0.39, 0.29) is 29.2 Å². The highest BCUT2D eigenvalue weighted by atomic mass is 16.5. The number of phenols is 1. The van der Waals surface area contributed by atoms with Gasteiger partial charge in [0.25, 0.3) is 5.91 Å². The number of nitrogens with zero attached hydrogens (tertiary/aromatic N) is 2. The highest BCUT2D eigenvalue weighted by Gasteiger charge is 2.50. The molecule has 0 aromatic heterocycles. The summed E-state index contributed by atoms with van der Waals surface area (Å²) in [5.74, 6) is -0.495. The Bertz CT molecular complexity index is 2480. The van der Waals surface area contributed by atoms with E-state index in [0.717, 1.165) is 35.8 Å². The summed E-state index contributed by atoms with van der Waals surface area (Å²) in [5.41, 5.74) is -0.185. The number of carbonyl (C=O) groups is 7. The number of amides is 7. The number of fused-ring (bicyclic) bond motifs is 2. The number of nitrogens with one attached hydrogen (secondary N) is 5. The molecule has 3 heterocycles. The van der Waals surface area contributed by atoms with Gasteiger partial charge in [0.2, 0.25) is 35.4 Å². The van der Waals surface area contributed by atoms with E-state index in [1.165, 1.54) is 43.3 Å². The highest BCUT2D eigenvalue weighted by molar-refractivity contribution is 6.00. The summed E-state index contributed by atoms with van der Waals surface area (Å²) in [7, 11) is 0. The molecule has 0 aliphatic carbocycles. The molecule has 3 aliphatic rings. The molecular weight excluding hydrogens is 935 g/mol. The first-order chi connectivity index (χ1) is 33.5. The summed E-state index contributed by atoms with van der Waals surface area (Å²) in [5, 5.41) is 110. The van der Waals surface area contributed by atoms with Crippen LogP contribution in [0, 0.1) is 42.1 Å². The van der Waals surface area contributed by atoms with Gasteiger partial charge in [0, 0.05) is 49.3 Å². The van der Waals surface area contributed by atoms with Crippen molar-refractivity contribution in [1.29, 1.82) is 0 Å². The van der Waals surface area contributed by atoms with Crippen LogP contribution in [0.3, 0.4) is 0 Å². The normalized spacial score (nSPS) is 29.5. The van der Waals surface area contributed by atoms with E-state index < -0.39 is 152 Å². The van der Waals surface area contributed by atoms with Crippen LogP contribution in [0.15, 0.2) is 48.5 Å². The van der Waals surface area contributed by atoms with Gasteiger partial charge in [-0.2, -0.15) is 0 Å². The number of phenolic OH excluding ortho intramolecular Hbond substituents is 1. The summed E-state index contributed by atoms with van der Waals surface area (Å²) in [6, 6.07) is -1.92.